The molecule has 0 aromatic heterocycles. The molecule has 1 rings (SSSR count). The summed E-state index contributed by atoms with van der Waals surface area (Å²) >= 11 is 0. The molecule has 0 bridgehead atoms. The summed E-state index contributed by atoms with van der Waals surface area (Å²) < 4.78 is 0. The molecule has 0 unspecified atom stereocenters. The molecule has 0 radical (unpaired) electrons. The van der Waals surface area contributed by atoms with E-state index in [2.05, 4.69) is 18.5 Å². The second-order valence-electron chi connectivity index (χ2n) is 5.29. The Kier molecular flexibility index (Phi) is 5.80. The van der Waals surface area contributed by atoms with Gasteiger partial charge in [-0.25, -0.2) is 0 Å². The molecule has 4 heteroatoms. The molecular weight excluding hydrogens is 242 g/mol. The molecule has 106 valence electrons. The van der Waals surface area contributed by atoms with E-state index in [1.165, 1.54) is 0 Å². The Labute approximate surface area is 114 Å². The molecule has 0 aliphatic heterocycles. The molecule has 4 nitrogen and oxygen atoms in total. The Hall–Kier alpha value is -1.58. The molecule has 1 aliphatic rings. The maximum Gasteiger partial charge on any atom is 0.305 e. The van der Waals surface area contributed by atoms with Crippen molar-refractivity contribution in [3.8, 4) is 0 Å². The largest absolute Gasteiger partial charge is 0.481 e. The van der Waals surface area contributed by atoms with E-state index >= 15 is 0 Å². The number of aliphatic carboxylic acids is 1. The number of nitrogens with one attached hydrogen (secondary N) is 1. The molecule has 1 amide bonds. The maximum atomic E-state index is 12.3. The van der Waals surface area contributed by atoms with E-state index < -0.39 is 11.5 Å². The zero-order valence-corrected chi connectivity index (χ0v) is 11.4. The first-order chi connectivity index (χ1) is 9.03. The highest BCUT2D eigenvalue weighted by atomic mass is 16.4. The van der Waals surface area contributed by atoms with Gasteiger partial charge in [-0.1, -0.05) is 25.0 Å². The third kappa shape index (κ3) is 4.54. The van der Waals surface area contributed by atoms with Gasteiger partial charge in [0.15, 0.2) is 0 Å². The summed E-state index contributed by atoms with van der Waals surface area (Å²) in [6.45, 7) is 7.31. The van der Waals surface area contributed by atoms with Gasteiger partial charge < -0.3 is 10.4 Å². The molecule has 0 spiro atoms. The third-order valence-corrected chi connectivity index (χ3v) is 3.71. The fourth-order valence-corrected chi connectivity index (χ4v) is 2.76. The number of allylic oxidation sites excluding steroid dienone is 2. The fraction of sp³-hybridized carbons (Fsp3) is 0.600. The number of carbonyl (C=O) groups excluding carboxylic acids is 1. The van der Waals surface area contributed by atoms with Gasteiger partial charge in [-0.05, 0) is 25.7 Å². The van der Waals surface area contributed by atoms with Crippen LogP contribution in [0.15, 0.2) is 25.3 Å². The predicted molar refractivity (Wildman–Crippen MR) is 74.7 cm³/mol. The first-order valence-corrected chi connectivity index (χ1v) is 6.78. The highest BCUT2D eigenvalue weighted by molar-refractivity contribution is 5.81. The normalized spacial score (nSPS) is 17.1. The van der Waals surface area contributed by atoms with Gasteiger partial charge in [0.1, 0.15) is 0 Å². The Balaban J connectivity index is 2.71. The minimum atomic E-state index is -0.855. The number of carboxylic acids is 1. The molecule has 1 saturated carbocycles. The van der Waals surface area contributed by atoms with Crippen LogP contribution in [0.3, 0.4) is 0 Å². The third-order valence-electron chi connectivity index (χ3n) is 3.71. The zero-order chi connectivity index (χ0) is 14.3. The lowest BCUT2D eigenvalue weighted by Crippen LogP contribution is -2.49. The van der Waals surface area contributed by atoms with Crippen molar-refractivity contribution >= 4 is 11.9 Å². The summed E-state index contributed by atoms with van der Waals surface area (Å²) in [4.78, 5) is 23.2. The van der Waals surface area contributed by atoms with Crippen molar-refractivity contribution in [3.63, 3.8) is 0 Å². The zero-order valence-electron chi connectivity index (χ0n) is 11.4. The second kappa shape index (κ2) is 7.12. The van der Waals surface area contributed by atoms with Crippen LogP contribution in [-0.2, 0) is 9.59 Å². The number of amides is 1. The number of carboxylic acid groups (broad SMARTS) is 1. The predicted octanol–water partition coefficient (Wildman–Crippen LogP) is 2.66. The van der Waals surface area contributed by atoms with Crippen molar-refractivity contribution in [2.75, 3.05) is 0 Å². The lowest BCUT2D eigenvalue weighted by atomic mass is 9.91. The van der Waals surface area contributed by atoms with Crippen LogP contribution >= 0.6 is 0 Å². The average molecular weight is 265 g/mol. The summed E-state index contributed by atoms with van der Waals surface area (Å²) in [5, 5.41) is 12.0. The highest BCUT2D eigenvalue weighted by Crippen LogP contribution is 2.33. The number of hydrogen-bond acceptors (Lipinski definition) is 2. The molecule has 0 atom stereocenters. The van der Waals surface area contributed by atoms with Gasteiger partial charge in [-0.2, -0.15) is 0 Å². The number of hydrogen-bond donors (Lipinski definition) is 2. The van der Waals surface area contributed by atoms with Crippen molar-refractivity contribution in [1.29, 1.82) is 0 Å². The summed E-state index contributed by atoms with van der Waals surface area (Å²) in [7, 11) is 0. The van der Waals surface area contributed by atoms with Gasteiger partial charge >= 0.3 is 5.97 Å². The molecule has 1 aliphatic carbocycles. The van der Waals surface area contributed by atoms with Crippen LogP contribution in [0.25, 0.3) is 0 Å². The minimum Gasteiger partial charge on any atom is -0.481 e. The Morgan fingerprint density at radius 1 is 1.21 bits per heavy atom. The van der Waals surface area contributed by atoms with Gasteiger partial charge in [0.05, 0.1) is 12.0 Å². The van der Waals surface area contributed by atoms with Gasteiger partial charge in [0.2, 0.25) is 5.91 Å². The first-order valence-electron chi connectivity index (χ1n) is 6.78. The molecule has 0 aromatic carbocycles. The molecule has 0 heterocycles. The highest BCUT2D eigenvalue weighted by Gasteiger charge is 2.38. The van der Waals surface area contributed by atoms with Crippen LogP contribution in [0, 0.1) is 5.92 Å². The first kappa shape index (κ1) is 15.5. The van der Waals surface area contributed by atoms with E-state index in [9.17, 15) is 9.59 Å². The summed E-state index contributed by atoms with van der Waals surface area (Å²) in [6.07, 6.45) is 8.05. The Bertz CT molecular complexity index is 346. The van der Waals surface area contributed by atoms with E-state index in [1.807, 2.05) is 0 Å². The average Bonchev–Trinajstić information content (AvgIpc) is 2.76. The Morgan fingerprint density at radius 2 is 1.74 bits per heavy atom. The number of rotatable bonds is 8. The van der Waals surface area contributed by atoms with Gasteiger partial charge in [-0.3, -0.25) is 9.59 Å². The summed E-state index contributed by atoms with van der Waals surface area (Å²) in [5.74, 6) is -1.13. The van der Waals surface area contributed by atoms with Crippen LogP contribution in [0.2, 0.25) is 0 Å². The van der Waals surface area contributed by atoms with Crippen molar-refractivity contribution in [3.05, 3.63) is 25.3 Å². The van der Waals surface area contributed by atoms with Gasteiger partial charge in [0, 0.05) is 5.92 Å². The van der Waals surface area contributed by atoms with Crippen LogP contribution < -0.4 is 5.32 Å². The van der Waals surface area contributed by atoms with Gasteiger partial charge in [-0.15, -0.1) is 13.2 Å². The molecule has 2 N–H and O–H groups in total. The maximum absolute atomic E-state index is 12.3. The topological polar surface area (TPSA) is 66.4 Å². The lowest BCUT2D eigenvalue weighted by molar-refractivity contribution is -0.139. The SMILES string of the molecule is C=CCC(CC=C)C(=O)NC1(CC(=O)O)CCCC1. The minimum absolute atomic E-state index is 0.00758. The second-order valence-corrected chi connectivity index (χ2v) is 5.29. The molecular formula is C15H23NO3. The lowest BCUT2D eigenvalue weighted by Gasteiger charge is -2.30. The monoisotopic (exact) mass is 265 g/mol. The molecule has 19 heavy (non-hydrogen) atoms. The molecule has 0 saturated heterocycles. The smallest absolute Gasteiger partial charge is 0.305 e. The van der Waals surface area contributed by atoms with Crippen LogP contribution in [0.5, 0.6) is 0 Å². The summed E-state index contributed by atoms with van der Waals surface area (Å²) in [5.41, 5.74) is -0.552. The summed E-state index contributed by atoms with van der Waals surface area (Å²) in [6, 6.07) is 0. The van der Waals surface area contributed by atoms with Crippen molar-refractivity contribution in [1.82, 2.24) is 5.32 Å². The standard InChI is InChI=1S/C15H23NO3/c1-3-7-12(8-4-2)14(19)16-15(11-13(17)18)9-5-6-10-15/h3-4,12H,1-2,5-11H2,(H,16,19)(H,17,18). The molecule has 1 fully saturated rings. The van der Waals surface area contributed by atoms with E-state index in [-0.39, 0.29) is 18.2 Å². The van der Waals surface area contributed by atoms with E-state index in [4.69, 9.17) is 5.11 Å². The molecule has 0 aromatic rings. The Morgan fingerprint density at radius 3 is 2.16 bits per heavy atom. The van der Waals surface area contributed by atoms with Crippen molar-refractivity contribution in [2.24, 2.45) is 5.92 Å². The van der Waals surface area contributed by atoms with Crippen molar-refractivity contribution < 1.29 is 14.7 Å². The van der Waals surface area contributed by atoms with E-state index in [1.54, 1.807) is 12.2 Å². The van der Waals surface area contributed by atoms with Gasteiger partial charge in [0.25, 0.3) is 0 Å². The van der Waals surface area contributed by atoms with E-state index in [0.29, 0.717) is 12.8 Å². The van der Waals surface area contributed by atoms with Crippen molar-refractivity contribution in [2.45, 2.75) is 50.5 Å². The fourth-order valence-electron chi connectivity index (χ4n) is 2.76. The number of carbonyl (C=O) groups is 2. The quantitative estimate of drug-likeness (QED) is 0.663. The van der Waals surface area contributed by atoms with Crippen LogP contribution in [-0.4, -0.2) is 22.5 Å². The van der Waals surface area contributed by atoms with Crippen LogP contribution in [0.4, 0.5) is 0 Å². The van der Waals surface area contributed by atoms with E-state index in [0.717, 1.165) is 25.7 Å². The van der Waals surface area contributed by atoms with Crippen LogP contribution in [0.1, 0.15) is 44.9 Å².